The number of hydrogen-bond acceptors (Lipinski definition) is 5. The van der Waals surface area contributed by atoms with Crippen LogP contribution in [0.4, 0.5) is 11.4 Å². The Morgan fingerprint density at radius 1 is 1.03 bits per heavy atom. The second kappa shape index (κ2) is 9.73. The first-order valence-electron chi connectivity index (χ1n) is 10.5. The highest BCUT2D eigenvalue weighted by Crippen LogP contribution is 2.34. The van der Waals surface area contributed by atoms with Gasteiger partial charge in [0.2, 0.25) is 5.89 Å². The lowest BCUT2D eigenvalue weighted by Gasteiger charge is -2.20. The van der Waals surface area contributed by atoms with Crippen molar-refractivity contribution < 1.29 is 13.9 Å². The van der Waals surface area contributed by atoms with Crippen LogP contribution in [0, 0.1) is 0 Å². The van der Waals surface area contributed by atoms with E-state index in [2.05, 4.69) is 41.2 Å². The third kappa shape index (κ3) is 4.77. The number of oxazole rings is 1. The largest absolute Gasteiger partial charge is 0.494 e. The number of carbonyl (C=O) groups is 1. The second-order valence-corrected chi connectivity index (χ2v) is 8.16. The van der Waals surface area contributed by atoms with Gasteiger partial charge < -0.3 is 19.4 Å². The Balaban J connectivity index is 1.55. The SMILES string of the molecule is CCN(CC)c1ccc(-c2nc3cc(NC(=O)c4cc(Cl)c(OC)c(Cl)c4)ccc3o2)cc1. The van der Waals surface area contributed by atoms with Crippen molar-refractivity contribution in [2.75, 3.05) is 30.4 Å². The number of anilines is 2. The zero-order valence-electron chi connectivity index (χ0n) is 18.5. The van der Waals surface area contributed by atoms with E-state index in [0.29, 0.717) is 34.0 Å². The van der Waals surface area contributed by atoms with Gasteiger partial charge in [-0.2, -0.15) is 0 Å². The smallest absolute Gasteiger partial charge is 0.255 e. The highest BCUT2D eigenvalue weighted by atomic mass is 35.5. The van der Waals surface area contributed by atoms with Crippen LogP contribution in [0.3, 0.4) is 0 Å². The van der Waals surface area contributed by atoms with Gasteiger partial charge in [0.1, 0.15) is 5.52 Å². The van der Waals surface area contributed by atoms with E-state index < -0.39 is 0 Å². The van der Waals surface area contributed by atoms with Gasteiger partial charge in [0.25, 0.3) is 5.91 Å². The maximum absolute atomic E-state index is 12.7. The molecule has 0 spiro atoms. The zero-order chi connectivity index (χ0) is 23.5. The summed E-state index contributed by atoms with van der Waals surface area (Å²) in [4.78, 5) is 19.6. The van der Waals surface area contributed by atoms with Gasteiger partial charge >= 0.3 is 0 Å². The minimum atomic E-state index is -0.350. The molecule has 0 aliphatic rings. The molecule has 0 saturated heterocycles. The van der Waals surface area contributed by atoms with Crippen molar-refractivity contribution in [3.63, 3.8) is 0 Å². The zero-order valence-corrected chi connectivity index (χ0v) is 20.0. The van der Waals surface area contributed by atoms with Crippen molar-refractivity contribution in [1.82, 2.24) is 4.98 Å². The average molecular weight is 484 g/mol. The standard InChI is InChI=1S/C25H23Cl2N3O3/c1-4-30(5-2)18-9-6-15(7-10-18)25-29-21-14-17(8-11-22(21)33-25)28-24(31)16-12-19(26)23(32-3)20(27)13-16/h6-14H,4-5H2,1-3H3,(H,28,31). The van der Waals surface area contributed by atoms with Crippen molar-refractivity contribution in [3.8, 4) is 17.2 Å². The molecule has 1 aromatic heterocycles. The Labute approximate surface area is 202 Å². The van der Waals surface area contributed by atoms with Gasteiger partial charge in [-0.1, -0.05) is 23.2 Å². The topological polar surface area (TPSA) is 67.6 Å². The van der Waals surface area contributed by atoms with Gasteiger partial charge in [0.05, 0.1) is 17.2 Å². The number of fused-ring (bicyclic) bond motifs is 1. The molecular weight excluding hydrogens is 461 g/mol. The summed E-state index contributed by atoms with van der Waals surface area (Å²) < 4.78 is 11.1. The number of hydrogen-bond donors (Lipinski definition) is 1. The van der Waals surface area contributed by atoms with Crippen LogP contribution in [-0.2, 0) is 0 Å². The van der Waals surface area contributed by atoms with Crippen molar-refractivity contribution in [1.29, 1.82) is 0 Å². The molecule has 1 amide bonds. The molecule has 0 aliphatic carbocycles. The second-order valence-electron chi connectivity index (χ2n) is 7.35. The summed E-state index contributed by atoms with van der Waals surface area (Å²) in [6.07, 6.45) is 0. The maximum atomic E-state index is 12.7. The summed E-state index contributed by atoms with van der Waals surface area (Å²) >= 11 is 12.3. The van der Waals surface area contributed by atoms with E-state index in [1.165, 1.54) is 19.2 Å². The highest BCUT2D eigenvalue weighted by Gasteiger charge is 2.15. The summed E-state index contributed by atoms with van der Waals surface area (Å²) in [5, 5.41) is 3.37. The quantitative estimate of drug-likeness (QED) is 0.309. The van der Waals surface area contributed by atoms with Gasteiger partial charge in [-0.25, -0.2) is 4.98 Å². The molecule has 0 aliphatic heterocycles. The number of ether oxygens (including phenoxy) is 1. The fraction of sp³-hybridized carbons (Fsp3) is 0.200. The van der Waals surface area contributed by atoms with Crippen molar-refractivity contribution in [2.24, 2.45) is 0 Å². The van der Waals surface area contributed by atoms with Gasteiger partial charge in [0.15, 0.2) is 11.3 Å². The third-order valence-electron chi connectivity index (χ3n) is 5.35. The number of nitrogens with one attached hydrogen (secondary N) is 1. The van der Waals surface area contributed by atoms with E-state index in [1.807, 2.05) is 12.1 Å². The Morgan fingerprint density at radius 2 is 1.70 bits per heavy atom. The molecule has 8 heteroatoms. The van der Waals surface area contributed by atoms with E-state index in [1.54, 1.807) is 18.2 Å². The minimum absolute atomic E-state index is 0.263. The molecule has 170 valence electrons. The number of aromatic nitrogens is 1. The highest BCUT2D eigenvalue weighted by molar-refractivity contribution is 6.37. The van der Waals surface area contributed by atoms with Gasteiger partial charge in [-0.3, -0.25) is 4.79 Å². The molecule has 4 rings (SSSR count). The van der Waals surface area contributed by atoms with E-state index >= 15 is 0 Å². The summed E-state index contributed by atoms with van der Waals surface area (Å²) in [6, 6.07) is 16.4. The number of halogens is 2. The average Bonchev–Trinajstić information content (AvgIpc) is 3.23. The monoisotopic (exact) mass is 483 g/mol. The molecule has 0 atom stereocenters. The van der Waals surface area contributed by atoms with Crippen molar-refractivity contribution >= 4 is 51.6 Å². The van der Waals surface area contributed by atoms with E-state index in [-0.39, 0.29) is 16.0 Å². The van der Waals surface area contributed by atoms with Crippen LogP contribution >= 0.6 is 23.2 Å². The van der Waals surface area contributed by atoms with E-state index in [9.17, 15) is 4.79 Å². The molecular formula is C25H23Cl2N3O3. The molecule has 33 heavy (non-hydrogen) atoms. The predicted molar refractivity (Wildman–Crippen MR) is 134 cm³/mol. The Morgan fingerprint density at radius 3 is 2.30 bits per heavy atom. The molecule has 0 saturated carbocycles. The first-order chi connectivity index (χ1) is 15.9. The maximum Gasteiger partial charge on any atom is 0.255 e. The lowest BCUT2D eigenvalue weighted by molar-refractivity contribution is 0.102. The number of carbonyl (C=O) groups excluding carboxylic acids is 1. The Hall–Kier alpha value is -3.22. The van der Waals surface area contributed by atoms with Gasteiger partial charge in [0, 0.05) is 35.6 Å². The molecule has 6 nitrogen and oxygen atoms in total. The molecule has 0 bridgehead atoms. The fourth-order valence-electron chi connectivity index (χ4n) is 3.62. The van der Waals surface area contributed by atoms with Crippen molar-refractivity contribution in [3.05, 3.63) is 70.2 Å². The lowest BCUT2D eigenvalue weighted by atomic mass is 10.2. The fourth-order valence-corrected chi connectivity index (χ4v) is 4.26. The van der Waals surface area contributed by atoms with Gasteiger partial charge in [-0.15, -0.1) is 0 Å². The summed E-state index contributed by atoms with van der Waals surface area (Å²) in [6.45, 7) is 6.16. The number of benzene rings is 3. The molecule has 0 fully saturated rings. The molecule has 1 heterocycles. The molecule has 0 radical (unpaired) electrons. The van der Waals surface area contributed by atoms with E-state index in [4.69, 9.17) is 32.4 Å². The molecule has 0 unspecified atom stereocenters. The number of nitrogens with zero attached hydrogens (tertiary/aromatic N) is 2. The minimum Gasteiger partial charge on any atom is -0.494 e. The summed E-state index contributed by atoms with van der Waals surface area (Å²) in [5.74, 6) is 0.501. The van der Waals surface area contributed by atoms with Crippen LogP contribution < -0.4 is 15.0 Å². The Bertz CT molecular complexity index is 1280. The van der Waals surface area contributed by atoms with Crippen LogP contribution in [0.1, 0.15) is 24.2 Å². The van der Waals surface area contributed by atoms with Crippen LogP contribution in [-0.4, -0.2) is 31.1 Å². The van der Waals surface area contributed by atoms with Crippen LogP contribution in [0.2, 0.25) is 10.0 Å². The van der Waals surface area contributed by atoms with Gasteiger partial charge in [-0.05, 0) is 68.4 Å². The predicted octanol–water partition coefficient (Wildman–Crippen LogP) is 6.91. The Kier molecular flexibility index (Phi) is 6.77. The molecule has 4 aromatic rings. The van der Waals surface area contributed by atoms with Crippen LogP contribution in [0.25, 0.3) is 22.6 Å². The van der Waals surface area contributed by atoms with Crippen LogP contribution in [0.15, 0.2) is 59.0 Å². The number of rotatable bonds is 7. The first-order valence-corrected chi connectivity index (χ1v) is 11.3. The number of amides is 1. The number of methoxy groups -OCH3 is 1. The third-order valence-corrected chi connectivity index (χ3v) is 5.91. The normalized spacial score (nSPS) is 10.9. The molecule has 3 aromatic carbocycles. The first kappa shape index (κ1) is 23.0. The van der Waals surface area contributed by atoms with Crippen molar-refractivity contribution in [2.45, 2.75) is 13.8 Å². The molecule has 1 N–H and O–H groups in total. The lowest BCUT2D eigenvalue weighted by Crippen LogP contribution is -2.21. The summed E-state index contributed by atoms with van der Waals surface area (Å²) in [7, 11) is 1.47. The van der Waals surface area contributed by atoms with E-state index in [0.717, 1.165) is 24.3 Å². The van der Waals surface area contributed by atoms with Crippen LogP contribution in [0.5, 0.6) is 5.75 Å². The summed E-state index contributed by atoms with van der Waals surface area (Å²) in [5.41, 5.74) is 4.21.